The van der Waals surface area contributed by atoms with Crippen LogP contribution in [0.4, 0.5) is 0 Å². The Morgan fingerprint density at radius 3 is 1.19 bits per heavy atom. The predicted octanol–water partition coefficient (Wildman–Crippen LogP) is 0.778. The number of nitrogens with zero attached hydrogens (tertiary/aromatic N) is 2. The summed E-state index contributed by atoms with van der Waals surface area (Å²) < 4.78 is 21.9. The van der Waals surface area contributed by atoms with Crippen LogP contribution in [0.5, 0.6) is 0 Å². The highest BCUT2D eigenvalue weighted by Crippen LogP contribution is 2.39. The second-order valence-electron chi connectivity index (χ2n) is 7.83. The Labute approximate surface area is 181 Å². The van der Waals surface area contributed by atoms with Crippen LogP contribution in [0, 0.1) is 0 Å². The Morgan fingerprint density at radius 1 is 0.562 bits per heavy atom. The number of ether oxygens (including phenoxy) is 4. The Balaban J connectivity index is 1.49. The first-order chi connectivity index (χ1) is 15.6. The van der Waals surface area contributed by atoms with Crippen molar-refractivity contribution in [1.82, 2.24) is 9.80 Å². The molecule has 2 fully saturated rings. The molecular formula is C22H18N2O8. The molecule has 0 N–H and O–H groups in total. The number of imide groups is 2. The lowest BCUT2D eigenvalue weighted by Crippen LogP contribution is -2.53. The van der Waals surface area contributed by atoms with E-state index in [1.165, 1.54) is 24.3 Å². The van der Waals surface area contributed by atoms with Gasteiger partial charge in [0, 0.05) is 33.0 Å². The number of rotatable bonds is 2. The first kappa shape index (κ1) is 19.5. The molecule has 4 aliphatic rings. The molecule has 0 aromatic heterocycles. The molecule has 0 saturated carbocycles. The van der Waals surface area contributed by atoms with Gasteiger partial charge in [0.25, 0.3) is 23.6 Å². The van der Waals surface area contributed by atoms with Gasteiger partial charge >= 0.3 is 0 Å². The summed E-state index contributed by atoms with van der Waals surface area (Å²) in [5.74, 6) is -2.19. The van der Waals surface area contributed by atoms with Gasteiger partial charge in [-0.15, -0.1) is 0 Å². The third kappa shape index (κ3) is 2.61. The number of carbonyl (C=O) groups is 4. The van der Waals surface area contributed by atoms with Gasteiger partial charge in [-0.25, -0.2) is 9.80 Å². The van der Waals surface area contributed by atoms with E-state index in [9.17, 15) is 19.2 Å². The minimum Gasteiger partial charge on any atom is -0.374 e. The van der Waals surface area contributed by atoms with Gasteiger partial charge in [-0.05, 0) is 24.3 Å². The van der Waals surface area contributed by atoms with E-state index in [-0.39, 0.29) is 48.7 Å². The van der Waals surface area contributed by atoms with Crippen LogP contribution in [0.25, 0.3) is 10.8 Å². The number of hydrogen-bond donors (Lipinski definition) is 0. The van der Waals surface area contributed by atoms with Crippen LogP contribution in [-0.2, 0) is 18.9 Å². The first-order valence-electron chi connectivity index (χ1n) is 10.3. The summed E-state index contributed by atoms with van der Waals surface area (Å²) in [4.78, 5) is 55.2. The molecule has 4 aliphatic heterocycles. The van der Waals surface area contributed by atoms with Gasteiger partial charge in [-0.2, -0.15) is 0 Å². The summed E-state index contributed by atoms with van der Waals surface area (Å²) in [7, 11) is 0. The molecule has 2 saturated heterocycles. The number of carbonyl (C=O) groups excluding carboxylic acids is 4. The average molecular weight is 438 g/mol. The van der Waals surface area contributed by atoms with Gasteiger partial charge in [0.1, 0.15) is 0 Å². The molecule has 2 aromatic carbocycles. The molecule has 0 bridgehead atoms. The maximum Gasteiger partial charge on any atom is 0.263 e. The molecule has 0 spiro atoms. The van der Waals surface area contributed by atoms with Gasteiger partial charge in [-0.1, -0.05) is 0 Å². The summed E-state index contributed by atoms with van der Waals surface area (Å²) in [6.45, 7) is 1.49. The Bertz CT molecular complexity index is 1030. The molecule has 0 aliphatic carbocycles. The van der Waals surface area contributed by atoms with E-state index in [4.69, 9.17) is 18.9 Å². The number of benzene rings is 2. The largest absolute Gasteiger partial charge is 0.374 e. The molecular weight excluding hydrogens is 420 g/mol. The average Bonchev–Trinajstić information content (AvgIpc) is 2.83. The fourth-order valence-electron chi connectivity index (χ4n) is 4.68. The zero-order chi connectivity index (χ0) is 22.0. The van der Waals surface area contributed by atoms with Gasteiger partial charge in [0.2, 0.25) is 0 Å². The molecule has 2 aromatic rings. The van der Waals surface area contributed by atoms with Crippen molar-refractivity contribution in [2.45, 2.75) is 12.5 Å². The smallest absolute Gasteiger partial charge is 0.263 e. The molecule has 2 unspecified atom stereocenters. The van der Waals surface area contributed by atoms with Crippen molar-refractivity contribution in [1.29, 1.82) is 0 Å². The Hall–Kier alpha value is -3.18. The summed E-state index contributed by atoms with van der Waals surface area (Å²) in [5, 5.41) is 0.621. The third-order valence-corrected chi connectivity index (χ3v) is 6.13. The highest BCUT2D eigenvalue weighted by molar-refractivity contribution is 6.33. The van der Waals surface area contributed by atoms with Crippen LogP contribution < -0.4 is 0 Å². The van der Waals surface area contributed by atoms with E-state index in [1.54, 1.807) is 0 Å². The van der Waals surface area contributed by atoms with E-state index in [2.05, 4.69) is 0 Å². The zero-order valence-corrected chi connectivity index (χ0v) is 16.9. The first-order valence-corrected chi connectivity index (χ1v) is 10.3. The van der Waals surface area contributed by atoms with Gasteiger partial charge < -0.3 is 18.9 Å². The number of hydrogen-bond acceptors (Lipinski definition) is 8. The van der Waals surface area contributed by atoms with Crippen molar-refractivity contribution in [3.63, 3.8) is 0 Å². The molecule has 10 nitrogen and oxygen atoms in total. The Kier molecular flexibility index (Phi) is 4.37. The summed E-state index contributed by atoms with van der Waals surface area (Å²) in [6, 6.07) is 6.06. The van der Waals surface area contributed by atoms with Gasteiger partial charge in [0.05, 0.1) is 39.6 Å². The fourth-order valence-corrected chi connectivity index (χ4v) is 4.68. The van der Waals surface area contributed by atoms with Gasteiger partial charge in [0.15, 0.2) is 12.5 Å². The fraction of sp³-hybridized carbons (Fsp3) is 0.364. The van der Waals surface area contributed by atoms with Crippen molar-refractivity contribution in [3.8, 4) is 0 Å². The second-order valence-corrected chi connectivity index (χ2v) is 7.83. The highest BCUT2D eigenvalue weighted by atomic mass is 16.6. The maximum absolute atomic E-state index is 13.3. The Morgan fingerprint density at radius 2 is 0.906 bits per heavy atom. The second kappa shape index (κ2) is 7.17. The molecule has 0 radical (unpaired) electrons. The van der Waals surface area contributed by atoms with Crippen molar-refractivity contribution >= 4 is 34.4 Å². The summed E-state index contributed by atoms with van der Waals surface area (Å²) in [5.41, 5.74) is 0.947. The van der Waals surface area contributed by atoms with Crippen LogP contribution in [0.3, 0.4) is 0 Å². The highest BCUT2D eigenvalue weighted by Gasteiger charge is 2.44. The molecule has 10 heteroatoms. The maximum atomic E-state index is 13.3. The summed E-state index contributed by atoms with van der Waals surface area (Å²) in [6.07, 6.45) is -1.66. The van der Waals surface area contributed by atoms with E-state index in [0.29, 0.717) is 24.0 Å². The molecule has 4 heterocycles. The molecule has 4 amide bonds. The molecule has 2 atom stereocenters. The van der Waals surface area contributed by atoms with Crippen LogP contribution in [0.15, 0.2) is 24.3 Å². The summed E-state index contributed by atoms with van der Waals surface area (Å²) >= 11 is 0. The van der Waals surface area contributed by atoms with Crippen molar-refractivity contribution in [2.24, 2.45) is 0 Å². The SMILES string of the molecule is O=C1c2ccc3c4c(ccc(c24)C(=O)N1C1COCCO1)C(=O)N(C1COCCO1)C3=O. The number of amides is 4. The van der Waals surface area contributed by atoms with Crippen molar-refractivity contribution in [3.05, 3.63) is 46.5 Å². The molecule has 32 heavy (non-hydrogen) atoms. The zero-order valence-electron chi connectivity index (χ0n) is 16.9. The van der Waals surface area contributed by atoms with E-state index >= 15 is 0 Å². The van der Waals surface area contributed by atoms with E-state index < -0.39 is 36.1 Å². The monoisotopic (exact) mass is 438 g/mol. The van der Waals surface area contributed by atoms with Crippen LogP contribution >= 0.6 is 0 Å². The lowest BCUT2D eigenvalue weighted by atomic mass is 9.85. The molecule has 6 rings (SSSR count). The minimum atomic E-state index is -0.832. The lowest BCUT2D eigenvalue weighted by Gasteiger charge is -2.38. The van der Waals surface area contributed by atoms with E-state index in [1.807, 2.05) is 0 Å². The van der Waals surface area contributed by atoms with Crippen LogP contribution in [0.1, 0.15) is 41.4 Å². The van der Waals surface area contributed by atoms with Gasteiger partial charge in [-0.3, -0.25) is 19.2 Å². The third-order valence-electron chi connectivity index (χ3n) is 6.13. The standard InChI is InChI=1S/C22H18N2O8/c25-19-11-1-2-12-18-14(22(28)24(20(12)26)16-10-30-6-8-32-16)4-3-13(17(11)18)21(27)23(19)15-9-29-5-7-31-15/h1-4,15-16H,5-10H2. The topological polar surface area (TPSA) is 112 Å². The van der Waals surface area contributed by atoms with E-state index in [0.717, 1.165) is 9.80 Å². The predicted molar refractivity (Wildman–Crippen MR) is 106 cm³/mol. The van der Waals surface area contributed by atoms with Crippen molar-refractivity contribution in [2.75, 3.05) is 39.6 Å². The van der Waals surface area contributed by atoms with Crippen LogP contribution in [0.2, 0.25) is 0 Å². The lowest BCUT2D eigenvalue weighted by molar-refractivity contribution is -0.131. The van der Waals surface area contributed by atoms with Crippen LogP contribution in [-0.4, -0.2) is 85.5 Å². The normalized spacial score (nSPS) is 25.6. The quantitative estimate of drug-likeness (QED) is 0.633. The molecule has 164 valence electrons. The minimum absolute atomic E-state index is 0.0848. The van der Waals surface area contributed by atoms with Crippen molar-refractivity contribution < 1.29 is 38.1 Å².